The second kappa shape index (κ2) is 6.40. The first-order valence-corrected chi connectivity index (χ1v) is 6.41. The number of anilines is 2. The number of nitrogens with zero attached hydrogens (tertiary/aromatic N) is 3. The highest BCUT2D eigenvalue weighted by molar-refractivity contribution is 6.03. The lowest BCUT2D eigenvalue weighted by atomic mass is 10.1. The van der Waals surface area contributed by atoms with Gasteiger partial charge in [-0.3, -0.25) is 20.0 Å². The Bertz CT molecular complexity index is 708. The van der Waals surface area contributed by atoms with Crippen LogP contribution in [-0.4, -0.2) is 22.5 Å². The highest BCUT2D eigenvalue weighted by Gasteiger charge is 2.26. The summed E-state index contributed by atoms with van der Waals surface area (Å²) in [6.45, 7) is 0.503. The summed E-state index contributed by atoms with van der Waals surface area (Å²) in [5.41, 5.74) is 2.17. The maximum Gasteiger partial charge on any atom is 0.326 e. The number of hydrogen-bond donors (Lipinski definition) is 1. The lowest BCUT2D eigenvalue weighted by Crippen LogP contribution is -2.33. The molecule has 0 bridgehead atoms. The van der Waals surface area contributed by atoms with Crippen molar-refractivity contribution in [3.63, 3.8) is 0 Å². The SMILES string of the molecule is Cl.O=C(Nc1cccnc1)N1CCc2cc([N+](=O)[O-])ccc21. The molecule has 0 atom stereocenters. The molecular formula is C14H13ClN4O3. The number of fused-ring (bicyclic) bond motifs is 1. The van der Waals surface area contributed by atoms with Gasteiger partial charge in [0.15, 0.2) is 0 Å². The molecule has 0 unspecified atom stereocenters. The van der Waals surface area contributed by atoms with Crippen LogP contribution in [0.4, 0.5) is 21.9 Å². The van der Waals surface area contributed by atoms with Gasteiger partial charge in [0.25, 0.3) is 5.69 Å². The second-order valence-electron chi connectivity index (χ2n) is 4.64. The summed E-state index contributed by atoms with van der Waals surface area (Å²) < 4.78 is 0. The van der Waals surface area contributed by atoms with Crippen molar-refractivity contribution in [1.29, 1.82) is 0 Å². The molecule has 0 aliphatic carbocycles. The summed E-state index contributed by atoms with van der Waals surface area (Å²) in [6, 6.07) is 7.76. The number of nitro benzene ring substituents is 1. The van der Waals surface area contributed by atoms with Gasteiger partial charge in [-0.05, 0) is 30.2 Å². The number of rotatable bonds is 2. The molecule has 1 aromatic carbocycles. The van der Waals surface area contributed by atoms with E-state index in [0.717, 1.165) is 5.56 Å². The summed E-state index contributed by atoms with van der Waals surface area (Å²) in [5.74, 6) is 0. The maximum absolute atomic E-state index is 12.2. The topological polar surface area (TPSA) is 88.4 Å². The quantitative estimate of drug-likeness (QED) is 0.680. The van der Waals surface area contributed by atoms with Gasteiger partial charge >= 0.3 is 6.03 Å². The number of amides is 2. The zero-order chi connectivity index (χ0) is 14.8. The number of non-ortho nitro benzene ring substituents is 1. The third-order valence-corrected chi connectivity index (χ3v) is 3.33. The van der Waals surface area contributed by atoms with Crippen molar-refractivity contribution in [3.8, 4) is 0 Å². The molecule has 22 heavy (non-hydrogen) atoms. The first-order valence-electron chi connectivity index (χ1n) is 6.41. The molecule has 2 heterocycles. The molecule has 3 rings (SSSR count). The fourth-order valence-corrected chi connectivity index (χ4v) is 2.34. The Morgan fingerprint density at radius 3 is 2.86 bits per heavy atom. The number of halogens is 1. The van der Waals surface area contributed by atoms with E-state index in [0.29, 0.717) is 24.3 Å². The standard InChI is InChI=1S/C14H12N4O3.ClH/c19-14(16-11-2-1-6-15-9-11)17-7-5-10-8-12(18(20)21)3-4-13(10)17;/h1-4,6,8-9H,5,7H2,(H,16,19);1H. The van der Waals surface area contributed by atoms with Gasteiger partial charge < -0.3 is 5.32 Å². The number of carbonyl (C=O) groups is 1. The van der Waals surface area contributed by atoms with Gasteiger partial charge in [-0.15, -0.1) is 12.4 Å². The second-order valence-corrected chi connectivity index (χ2v) is 4.64. The molecule has 2 aromatic rings. The van der Waals surface area contributed by atoms with Crippen LogP contribution in [0.1, 0.15) is 5.56 Å². The molecule has 0 saturated carbocycles. The fraction of sp³-hybridized carbons (Fsp3) is 0.143. The van der Waals surface area contributed by atoms with Crippen molar-refractivity contribution in [2.45, 2.75) is 6.42 Å². The predicted molar refractivity (Wildman–Crippen MR) is 84.7 cm³/mol. The van der Waals surface area contributed by atoms with Gasteiger partial charge in [0.2, 0.25) is 0 Å². The van der Waals surface area contributed by atoms with Crippen LogP contribution in [-0.2, 0) is 6.42 Å². The minimum atomic E-state index is -0.432. The van der Waals surface area contributed by atoms with E-state index in [-0.39, 0.29) is 24.1 Å². The van der Waals surface area contributed by atoms with Crippen LogP contribution in [0.3, 0.4) is 0 Å². The molecule has 1 aromatic heterocycles. The summed E-state index contributed by atoms with van der Waals surface area (Å²) in [6.07, 6.45) is 3.79. The number of nitro groups is 1. The van der Waals surface area contributed by atoms with E-state index in [9.17, 15) is 14.9 Å². The van der Waals surface area contributed by atoms with Gasteiger partial charge in [-0.25, -0.2) is 4.79 Å². The Morgan fingerprint density at radius 2 is 2.18 bits per heavy atom. The Labute approximate surface area is 132 Å². The smallest absolute Gasteiger partial charge is 0.306 e. The van der Waals surface area contributed by atoms with Gasteiger partial charge in [-0.1, -0.05) is 0 Å². The van der Waals surface area contributed by atoms with Crippen LogP contribution < -0.4 is 10.2 Å². The van der Waals surface area contributed by atoms with Crippen molar-refractivity contribution < 1.29 is 9.72 Å². The monoisotopic (exact) mass is 320 g/mol. The fourth-order valence-electron chi connectivity index (χ4n) is 2.34. The van der Waals surface area contributed by atoms with Crippen LogP contribution >= 0.6 is 12.4 Å². The van der Waals surface area contributed by atoms with Crippen LogP contribution in [0.2, 0.25) is 0 Å². The van der Waals surface area contributed by atoms with E-state index >= 15 is 0 Å². The highest BCUT2D eigenvalue weighted by Crippen LogP contribution is 2.31. The van der Waals surface area contributed by atoms with E-state index in [4.69, 9.17) is 0 Å². The molecule has 1 aliphatic heterocycles. The molecule has 1 aliphatic rings. The predicted octanol–water partition coefficient (Wildman–Crippen LogP) is 3.01. The van der Waals surface area contributed by atoms with Gasteiger partial charge in [0.05, 0.1) is 16.8 Å². The lowest BCUT2D eigenvalue weighted by Gasteiger charge is -2.17. The van der Waals surface area contributed by atoms with Crippen molar-refractivity contribution in [3.05, 3.63) is 58.4 Å². The number of nitrogens with one attached hydrogen (secondary N) is 1. The molecule has 0 spiro atoms. The molecule has 7 nitrogen and oxygen atoms in total. The summed E-state index contributed by atoms with van der Waals surface area (Å²) >= 11 is 0. The van der Waals surface area contributed by atoms with Crippen molar-refractivity contribution >= 4 is 35.5 Å². The Hall–Kier alpha value is -2.67. The van der Waals surface area contributed by atoms with Crippen molar-refractivity contribution in [1.82, 2.24) is 4.98 Å². The van der Waals surface area contributed by atoms with Crippen molar-refractivity contribution in [2.24, 2.45) is 0 Å². The highest BCUT2D eigenvalue weighted by atomic mass is 35.5. The summed E-state index contributed by atoms with van der Waals surface area (Å²) in [5, 5.41) is 13.5. The molecule has 0 fully saturated rings. The van der Waals surface area contributed by atoms with E-state index in [1.807, 2.05) is 0 Å². The summed E-state index contributed by atoms with van der Waals surface area (Å²) in [4.78, 5) is 28.1. The van der Waals surface area contributed by atoms with Crippen LogP contribution in [0.25, 0.3) is 0 Å². The number of benzene rings is 1. The minimum Gasteiger partial charge on any atom is -0.306 e. The summed E-state index contributed by atoms with van der Waals surface area (Å²) in [7, 11) is 0. The van der Waals surface area contributed by atoms with Crippen LogP contribution in [0, 0.1) is 10.1 Å². The molecule has 0 saturated heterocycles. The zero-order valence-corrected chi connectivity index (χ0v) is 12.2. The number of hydrogen-bond acceptors (Lipinski definition) is 4. The van der Waals surface area contributed by atoms with E-state index in [1.165, 1.54) is 12.1 Å². The minimum absolute atomic E-state index is 0. The molecule has 0 radical (unpaired) electrons. The number of urea groups is 1. The third kappa shape index (κ3) is 2.99. The average Bonchev–Trinajstić information content (AvgIpc) is 2.91. The molecule has 2 amide bonds. The number of pyridine rings is 1. The Kier molecular flexibility index (Phi) is 4.57. The molecule has 114 valence electrons. The van der Waals surface area contributed by atoms with Crippen LogP contribution in [0.15, 0.2) is 42.7 Å². The van der Waals surface area contributed by atoms with Crippen LogP contribution in [0.5, 0.6) is 0 Å². The largest absolute Gasteiger partial charge is 0.326 e. The van der Waals surface area contributed by atoms with E-state index < -0.39 is 4.92 Å². The van der Waals surface area contributed by atoms with Gasteiger partial charge in [0.1, 0.15) is 0 Å². The van der Waals surface area contributed by atoms with Gasteiger partial charge in [0, 0.05) is 30.6 Å². The van der Waals surface area contributed by atoms with E-state index in [2.05, 4.69) is 10.3 Å². The van der Waals surface area contributed by atoms with Crippen molar-refractivity contribution in [2.75, 3.05) is 16.8 Å². The average molecular weight is 321 g/mol. The number of aromatic nitrogens is 1. The maximum atomic E-state index is 12.2. The zero-order valence-electron chi connectivity index (χ0n) is 11.4. The third-order valence-electron chi connectivity index (χ3n) is 3.33. The molecular weight excluding hydrogens is 308 g/mol. The number of carbonyl (C=O) groups excluding carboxylic acids is 1. The Balaban J connectivity index is 0.00000176. The van der Waals surface area contributed by atoms with Gasteiger partial charge in [-0.2, -0.15) is 0 Å². The molecule has 1 N–H and O–H groups in total. The van der Waals surface area contributed by atoms with E-state index in [1.54, 1.807) is 35.5 Å². The first-order chi connectivity index (χ1) is 10.1. The lowest BCUT2D eigenvalue weighted by molar-refractivity contribution is -0.384. The molecule has 8 heteroatoms. The Morgan fingerprint density at radius 1 is 1.36 bits per heavy atom. The normalized spacial score (nSPS) is 12.3. The first kappa shape index (κ1) is 15.7.